The van der Waals surface area contributed by atoms with Crippen LogP contribution in [0.2, 0.25) is 0 Å². The monoisotopic (exact) mass is 204 g/mol. The lowest BCUT2D eigenvalue weighted by Gasteiger charge is -2.38. The molecule has 1 aliphatic carbocycles. The van der Waals surface area contributed by atoms with Gasteiger partial charge in [0.05, 0.1) is 0 Å². The van der Waals surface area contributed by atoms with Crippen LogP contribution in [0.3, 0.4) is 0 Å². The van der Waals surface area contributed by atoms with Crippen LogP contribution in [0.25, 0.3) is 0 Å². The predicted octanol–water partition coefficient (Wildman–Crippen LogP) is 2.43. The van der Waals surface area contributed by atoms with Crippen molar-refractivity contribution >= 4 is 28.4 Å². The van der Waals surface area contributed by atoms with Gasteiger partial charge in [0.1, 0.15) is 4.87 Å². The Morgan fingerprint density at radius 1 is 1.58 bits per heavy atom. The van der Waals surface area contributed by atoms with E-state index in [4.69, 9.17) is 23.2 Å². The number of alkyl halides is 1. The Labute approximate surface area is 81.6 Å². The fraction of sp³-hybridized carbons (Fsp3) is 0.625. The molecule has 1 atom stereocenters. The second-order valence-corrected chi connectivity index (χ2v) is 4.24. The number of nitrogens with zero attached hydrogens (tertiary/aromatic N) is 1. The standard InChI is InChI=1S/C8H10Cl2N2/c9-7-8(10,4-5-11-12-7)6-2-1-3-6/h4-6,11H,1-3H2. The van der Waals surface area contributed by atoms with Crippen LogP contribution in [-0.2, 0) is 0 Å². The van der Waals surface area contributed by atoms with Crippen molar-refractivity contribution in [3.63, 3.8) is 0 Å². The van der Waals surface area contributed by atoms with Crippen molar-refractivity contribution in [2.24, 2.45) is 11.0 Å². The van der Waals surface area contributed by atoms with E-state index in [9.17, 15) is 0 Å². The van der Waals surface area contributed by atoms with Gasteiger partial charge in [0.2, 0.25) is 0 Å². The Morgan fingerprint density at radius 2 is 2.33 bits per heavy atom. The van der Waals surface area contributed by atoms with Crippen molar-refractivity contribution in [3.8, 4) is 0 Å². The summed E-state index contributed by atoms with van der Waals surface area (Å²) in [5.74, 6) is 0.466. The molecule has 12 heavy (non-hydrogen) atoms. The fourth-order valence-electron chi connectivity index (χ4n) is 1.54. The molecule has 1 aliphatic heterocycles. The fourth-order valence-corrected chi connectivity index (χ4v) is 2.13. The maximum absolute atomic E-state index is 6.34. The number of hydrogen-bond donors (Lipinski definition) is 1. The molecule has 0 aromatic carbocycles. The molecule has 1 heterocycles. The molecule has 0 saturated heterocycles. The number of hydrogen-bond acceptors (Lipinski definition) is 2. The van der Waals surface area contributed by atoms with Gasteiger partial charge in [0.15, 0.2) is 5.17 Å². The van der Waals surface area contributed by atoms with E-state index in [0.717, 1.165) is 12.8 Å². The van der Waals surface area contributed by atoms with E-state index in [-0.39, 0.29) is 0 Å². The van der Waals surface area contributed by atoms with Crippen LogP contribution in [-0.4, -0.2) is 10.0 Å². The maximum Gasteiger partial charge on any atom is 0.151 e. The Bertz CT molecular complexity index is 245. The molecular weight excluding hydrogens is 195 g/mol. The summed E-state index contributed by atoms with van der Waals surface area (Å²) in [6.07, 6.45) is 7.20. The van der Waals surface area contributed by atoms with Crippen molar-refractivity contribution in [3.05, 3.63) is 12.3 Å². The Morgan fingerprint density at radius 3 is 2.83 bits per heavy atom. The van der Waals surface area contributed by atoms with Crippen LogP contribution in [0, 0.1) is 5.92 Å². The van der Waals surface area contributed by atoms with Crippen LogP contribution in [0.15, 0.2) is 17.4 Å². The number of allylic oxidation sites excluding steroid dienone is 1. The van der Waals surface area contributed by atoms with Crippen LogP contribution in [0.4, 0.5) is 0 Å². The molecule has 0 bridgehead atoms. The summed E-state index contributed by atoms with van der Waals surface area (Å²) in [5.41, 5.74) is 2.68. The second-order valence-electron chi connectivity index (χ2n) is 3.26. The molecule has 1 fully saturated rings. The van der Waals surface area contributed by atoms with Gasteiger partial charge in [-0.2, -0.15) is 5.10 Å². The molecule has 0 amide bonds. The van der Waals surface area contributed by atoms with E-state index in [1.54, 1.807) is 6.20 Å². The summed E-state index contributed by atoms with van der Waals surface area (Å²) < 4.78 is 0. The average molecular weight is 205 g/mol. The molecule has 1 unspecified atom stereocenters. The Balaban J connectivity index is 2.21. The molecule has 0 aromatic heterocycles. The first kappa shape index (κ1) is 8.39. The van der Waals surface area contributed by atoms with E-state index in [2.05, 4.69) is 10.5 Å². The van der Waals surface area contributed by atoms with Crippen molar-refractivity contribution in [2.45, 2.75) is 24.1 Å². The van der Waals surface area contributed by atoms with Crippen molar-refractivity contribution in [1.29, 1.82) is 0 Å². The summed E-state index contributed by atoms with van der Waals surface area (Å²) in [6.45, 7) is 0. The van der Waals surface area contributed by atoms with Gasteiger partial charge in [0, 0.05) is 6.20 Å². The molecule has 0 radical (unpaired) electrons. The van der Waals surface area contributed by atoms with Gasteiger partial charge < -0.3 is 0 Å². The van der Waals surface area contributed by atoms with Gasteiger partial charge in [-0.25, -0.2) is 0 Å². The van der Waals surface area contributed by atoms with Gasteiger partial charge >= 0.3 is 0 Å². The maximum atomic E-state index is 6.34. The van der Waals surface area contributed by atoms with Crippen LogP contribution >= 0.6 is 23.2 Å². The highest BCUT2D eigenvalue weighted by molar-refractivity contribution is 6.73. The summed E-state index contributed by atoms with van der Waals surface area (Å²) >= 11 is 12.3. The number of rotatable bonds is 1. The highest BCUT2D eigenvalue weighted by atomic mass is 35.5. The topological polar surface area (TPSA) is 24.4 Å². The van der Waals surface area contributed by atoms with Crippen molar-refractivity contribution in [1.82, 2.24) is 5.43 Å². The van der Waals surface area contributed by atoms with Gasteiger partial charge in [-0.15, -0.1) is 11.6 Å². The molecular formula is C8H10Cl2N2. The third-order valence-corrected chi connectivity index (χ3v) is 3.69. The summed E-state index contributed by atoms with van der Waals surface area (Å²) in [6, 6.07) is 0. The SMILES string of the molecule is ClC1=NNC=CC1(Cl)C1CCC1. The largest absolute Gasteiger partial charge is 0.285 e. The van der Waals surface area contributed by atoms with E-state index in [1.807, 2.05) is 6.08 Å². The minimum absolute atomic E-state index is 0.466. The van der Waals surface area contributed by atoms with Crippen molar-refractivity contribution in [2.75, 3.05) is 0 Å². The Kier molecular flexibility index (Phi) is 2.05. The predicted molar refractivity (Wildman–Crippen MR) is 51.5 cm³/mol. The first-order chi connectivity index (χ1) is 5.73. The van der Waals surface area contributed by atoms with Gasteiger partial charge in [-0.05, 0) is 24.8 Å². The second kappa shape index (κ2) is 2.93. The molecule has 1 saturated carbocycles. The first-order valence-electron chi connectivity index (χ1n) is 4.09. The van der Waals surface area contributed by atoms with Gasteiger partial charge in [-0.3, -0.25) is 5.43 Å². The number of hydrazone groups is 1. The molecule has 0 aromatic rings. The van der Waals surface area contributed by atoms with E-state index < -0.39 is 4.87 Å². The molecule has 2 nitrogen and oxygen atoms in total. The number of halogens is 2. The quantitative estimate of drug-likeness (QED) is 0.653. The minimum atomic E-state index is -0.523. The van der Waals surface area contributed by atoms with E-state index >= 15 is 0 Å². The lowest BCUT2D eigenvalue weighted by molar-refractivity contribution is 0.298. The zero-order valence-electron chi connectivity index (χ0n) is 6.56. The molecule has 1 N–H and O–H groups in total. The smallest absolute Gasteiger partial charge is 0.151 e. The highest BCUT2D eigenvalue weighted by Gasteiger charge is 2.43. The molecule has 2 aliphatic rings. The van der Waals surface area contributed by atoms with Crippen molar-refractivity contribution < 1.29 is 0 Å². The summed E-state index contributed by atoms with van der Waals surface area (Å²) in [7, 11) is 0. The lowest BCUT2D eigenvalue weighted by Crippen LogP contribution is -2.42. The summed E-state index contributed by atoms with van der Waals surface area (Å²) in [5, 5.41) is 4.37. The first-order valence-corrected chi connectivity index (χ1v) is 4.85. The number of nitrogens with one attached hydrogen (secondary N) is 1. The van der Waals surface area contributed by atoms with E-state index in [1.165, 1.54) is 6.42 Å². The summed E-state index contributed by atoms with van der Waals surface area (Å²) in [4.78, 5) is -0.523. The van der Waals surface area contributed by atoms with Crippen LogP contribution in [0.5, 0.6) is 0 Å². The molecule has 0 spiro atoms. The Hall–Kier alpha value is -0.210. The molecule has 4 heteroatoms. The highest BCUT2D eigenvalue weighted by Crippen LogP contribution is 2.43. The van der Waals surface area contributed by atoms with Crippen LogP contribution < -0.4 is 5.43 Å². The average Bonchev–Trinajstić information content (AvgIpc) is 1.92. The minimum Gasteiger partial charge on any atom is -0.285 e. The third-order valence-electron chi connectivity index (χ3n) is 2.58. The normalized spacial score (nSPS) is 35.3. The lowest BCUT2D eigenvalue weighted by atomic mass is 9.75. The molecule has 66 valence electrons. The van der Waals surface area contributed by atoms with Gasteiger partial charge in [0.25, 0.3) is 0 Å². The van der Waals surface area contributed by atoms with Gasteiger partial charge in [-0.1, -0.05) is 18.0 Å². The zero-order chi connectivity index (χ0) is 8.60. The van der Waals surface area contributed by atoms with E-state index in [0.29, 0.717) is 11.1 Å². The third kappa shape index (κ3) is 1.14. The molecule has 2 rings (SSSR count). The van der Waals surface area contributed by atoms with Crippen LogP contribution in [0.1, 0.15) is 19.3 Å². The zero-order valence-corrected chi connectivity index (χ0v) is 8.07.